The van der Waals surface area contributed by atoms with E-state index in [2.05, 4.69) is 24.4 Å². The summed E-state index contributed by atoms with van der Waals surface area (Å²) in [6.07, 6.45) is 3.25. The predicted molar refractivity (Wildman–Crippen MR) is 82.1 cm³/mol. The number of anilines is 1. The highest BCUT2D eigenvalue weighted by Crippen LogP contribution is 2.20. The zero-order valence-electron chi connectivity index (χ0n) is 11.3. The first-order chi connectivity index (χ1) is 10.7. The molecule has 3 aromatic rings. The van der Waals surface area contributed by atoms with Gasteiger partial charge in [-0.2, -0.15) is 8.75 Å². The summed E-state index contributed by atoms with van der Waals surface area (Å²) in [6.45, 7) is 0.261. The molecule has 0 aliphatic rings. The number of benzene rings is 1. The van der Waals surface area contributed by atoms with Crippen LogP contribution >= 0.6 is 11.7 Å². The molecule has 8 heteroatoms. The fourth-order valence-electron chi connectivity index (χ4n) is 1.85. The fraction of sp³-hybridized carbons (Fsp3) is 0.0714. The molecule has 0 radical (unpaired) electrons. The fourth-order valence-corrected chi connectivity index (χ4v) is 2.40. The Bertz CT molecular complexity index is 818. The topological polar surface area (TPSA) is 96.9 Å². The standard InChI is InChI=1S/C14H11N5O2S/c20-13(16-8-9-4-6-15-7-5-9)14(21)17-10-2-1-3-11-12(10)19-22-18-11/h1-7H,8H2,(H,16,20)(H,17,21). The van der Waals surface area contributed by atoms with Crippen LogP contribution in [0.5, 0.6) is 0 Å². The molecule has 0 saturated carbocycles. The third-order valence-corrected chi connectivity index (χ3v) is 3.49. The molecule has 2 heterocycles. The second-order valence-electron chi connectivity index (χ2n) is 4.43. The van der Waals surface area contributed by atoms with Gasteiger partial charge in [0.05, 0.1) is 17.4 Å². The molecule has 0 aliphatic heterocycles. The number of nitrogens with one attached hydrogen (secondary N) is 2. The summed E-state index contributed by atoms with van der Waals surface area (Å²) in [5, 5.41) is 5.10. The van der Waals surface area contributed by atoms with Gasteiger partial charge in [-0.15, -0.1) is 0 Å². The summed E-state index contributed by atoms with van der Waals surface area (Å²) in [4.78, 5) is 27.6. The van der Waals surface area contributed by atoms with E-state index in [-0.39, 0.29) is 6.54 Å². The van der Waals surface area contributed by atoms with Crippen LogP contribution in [0.3, 0.4) is 0 Å². The van der Waals surface area contributed by atoms with Crippen molar-refractivity contribution in [2.75, 3.05) is 5.32 Å². The van der Waals surface area contributed by atoms with Gasteiger partial charge in [0, 0.05) is 18.9 Å². The molecule has 0 bridgehead atoms. The van der Waals surface area contributed by atoms with Gasteiger partial charge in [-0.05, 0) is 29.8 Å². The number of fused-ring (bicyclic) bond motifs is 1. The lowest BCUT2D eigenvalue weighted by molar-refractivity contribution is -0.136. The molecule has 0 aliphatic carbocycles. The number of hydrogen-bond donors (Lipinski definition) is 2. The maximum absolute atomic E-state index is 11.9. The molecule has 0 saturated heterocycles. The van der Waals surface area contributed by atoms with Crippen molar-refractivity contribution in [1.82, 2.24) is 19.0 Å². The van der Waals surface area contributed by atoms with E-state index >= 15 is 0 Å². The summed E-state index contributed by atoms with van der Waals surface area (Å²) in [7, 11) is 0. The molecule has 0 atom stereocenters. The lowest BCUT2D eigenvalue weighted by Crippen LogP contribution is -2.35. The maximum Gasteiger partial charge on any atom is 0.313 e. The second-order valence-corrected chi connectivity index (χ2v) is 4.96. The van der Waals surface area contributed by atoms with Gasteiger partial charge in [-0.25, -0.2) is 0 Å². The number of aromatic nitrogens is 3. The zero-order valence-corrected chi connectivity index (χ0v) is 12.1. The summed E-state index contributed by atoms with van der Waals surface area (Å²) in [5.74, 6) is -1.45. The third kappa shape index (κ3) is 3.07. The molecule has 2 amide bonds. The Morgan fingerprint density at radius 3 is 2.68 bits per heavy atom. The molecular weight excluding hydrogens is 302 g/mol. The Morgan fingerprint density at radius 1 is 1.05 bits per heavy atom. The van der Waals surface area contributed by atoms with Gasteiger partial charge in [-0.1, -0.05) is 6.07 Å². The van der Waals surface area contributed by atoms with Crippen LogP contribution in [0, 0.1) is 0 Å². The number of carbonyl (C=O) groups is 2. The highest BCUT2D eigenvalue weighted by atomic mass is 32.1. The number of nitrogens with zero attached hydrogens (tertiary/aromatic N) is 3. The summed E-state index contributed by atoms with van der Waals surface area (Å²) >= 11 is 1.05. The highest BCUT2D eigenvalue weighted by molar-refractivity contribution is 7.00. The van der Waals surface area contributed by atoms with Crippen molar-refractivity contribution in [2.45, 2.75) is 6.54 Å². The number of hydrogen-bond acceptors (Lipinski definition) is 6. The van der Waals surface area contributed by atoms with Crippen LogP contribution in [0.15, 0.2) is 42.7 Å². The SMILES string of the molecule is O=C(NCc1ccncc1)C(=O)Nc1cccc2nsnc12. The number of rotatable bonds is 3. The van der Waals surface area contributed by atoms with E-state index in [0.717, 1.165) is 17.3 Å². The predicted octanol–water partition coefficient (Wildman–Crippen LogP) is 1.34. The molecule has 22 heavy (non-hydrogen) atoms. The third-order valence-electron chi connectivity index (χ3n) is 2.94. The second kappa shape index (κ2) is 6.27. The average molecular weight is 313 g/mol. The van der Waals surface area contributed by atoms with Gasteiger partial charge in [-0.3, -0.25) is 14.6 Å². The number of carbonyl (C=O) groups excluding carboxylic acids is 2. The highest BCUT2D eigenvalue weighted by Gasteiger charge is 2.15. The Hall–Kier alpha value is -2.87. The van der Waals surface area contributed by atoms with Crippen LogP contribution in [0.1, 0.15) is 5.56 Å². The molecular formula is C14H11N5O2S. The molecule has 0 unspecified atom stereocenters. The van der Waals surface area contributed by atoms with Gasteiger partial charge >= 0.3 is 11.8 Å². The largest absolute Gasteiger partial charge is 0.344 e. The first-order valence-electron chi connectivity index (χ1n) is 6.43. The minimum atomic E-state index is -0.741. The van der Waals surface area contributed by atoms with Crippen molar-refractivity contribution in [2.24, 2.45) is 0 Å². The van der Waals surface area contributed by atoms with Crippen LogP contribution in [0.2, 0.25) is 0 Å². The first kappa shape index (κ1) is 14.1. The van der Waals surface area contributed by atoms with Crippen molar-refractivity contribution in [1.29, 1.82) is 0 Å². The number of amides is 2. The van der Waals surface area contributed by atoms with Crippen LogP contribution in [0.25, 0.3) is 11.0 Å². The number of pyridine rings is 1. The summed E-state index contributed by atoms with van der Waals surface area (Å²) in [5.41, 5.74) is 2.58. The smallest absolute Gasteiger partial charge is 0.313 e. The molecule has 2 N–H and O–H groups in total. The average Bonchev–Trinajstić information content (AvgIpc) is 3.03. The van der Waals surface area contributed by atoms with Gasteiger partial charge in [0.2, 0.25) is 0 Å². The Morgan fingerprint density at radius 2 is 1.86 bits per heavy atom. The van der Waals surface area contributed by atoms with Crippen molar-refractivity contribution >= 4 is 40.3 Å². The first-order valence-corrected chi connectivity index (χ1v) is 7.16. The molecule has 110 valence electrons. The van der Waals surface area contributed by atoms with E-state index in [1.54, 1.807) is 42.7 Å². The van der Waals surface area contributed by atoms with Crippen LogP contribution in [-0.4, -0.2) is 25.5 Å². The maximum atomic E-state index is 11.9. The van der Waals surface area contributed by atoms with Gasteiger partial charge in [0.15, 0.2) is 0 Å². The van der Waals surface area contributed by atoms with Crippen molar-refractivity contribution in [3.63, 3.8) is 0 Å². The lowest BCUT2D eigenvalue weighted by Gasteiger charge is -2.06. The molecule has 3 rings (SSSR count). The van der Waals surface area contributed by atoms with Crippen molar-refractivity contribution in [3.05, 3.63) is 48.3 Å². The minimum absolute atomic E-state index is 0.261. The van der Waals surface area contributed by atoms with Crippen LogP contribution in [-0.2, 0) is 16.1 Å². The molecule has 2 aromatic heterocycles. The monoisotopic (exact) mass is 313 g/mol. The Balaban J connectivity index is 1.64. The molecule has 7 nitrogen and oxygen atoms in total. The lowest BCUT2D eigenvalue weighted by atomic mass is 10.2. The summed E-state index contributed by atoms with van der Waals surface area (Å²) in [6, 6.07) is 8.74. The minimum Gasteiger partial charge on any atom is -0.344 e. The van der Waals surface area contributed by atoms with E-state index in [1.165, 1.54) is 0 Å². The Kier molecular flexibility index (Phi) is 4.01. The molecule has 0 spiro atoms. The van der Waals surface area contributed by atoms with E-state index in [1.807, 2.05) is 0 Å². The van der Waals surface area contributed by atoms with E-state index in [0.29, 0.717) is 16.7 Å². The molecule has 0 fully saturated rings. The van der Waals surface area contributed by atoms with Crippen molar-refractivity contribution in [3.8, 4) is 0 Å². The quantitative estimate of drug-likeness (QED) is 0.711. The van der Waals surface area contributed by atoms with E-state index < -0.39 is 11.8 Å². The Labute approximate surface area is 129 Å². The van der Waals surface area contributed by atoms with Gasteiger partial charge in [0.1, 0.15) is 11.0 Å². The van der Waals surface area contributed by atoms with Crippen molar-refractivity contribution < 1.29 is 9.59 Å². The summed E-state index contributed by atoms with van der Waals surface area (Å²) < 4.78 is 8.18. The molecule has 1 aromatic carbocycles. The van der Waals surface area contributed by atoms with Crippen LogP contribution < -0.4 is 10.6 Å². The van der Waals surface area contributed by atoms with Gasteiger partial charge < -0.3 is 10.6 Å². The van der Waals surface area contributed by atoms with Crippen LogP contribution in [0.4, 0.5) is 5.69 Å². The van der Waals surface area contributed by atoms with Gasteiger partial charge in [0.25, 0.3) is 0 Å². The van der Waals surface area contributed by atoms with E-state index in [9.17, 15) is 9.59 Å². The normalized spacial score (nSPS) is 10.4. The zero-order chi connectivity index (χ0) is 15.4. The van der Waals surface area contributed by atoms with E-state index in [4.69, 9.17) is 0 Å².